The van der Waals surface area contributed by atoms with Crippen LogP contribution in [0.2, 0.25) is 0 Å². The summed E-state index contributed by atoms with van der Waals surface area (Å²) in [6.45, 7) is 0.371. The van der Waals surface area contributed by atoms with Crippen molar-refractivity contribution in [2.24, 2.45) is 0 Å². The molecule has 1 amide bonds. The molecule has 2 aromatic rings. The van der Waals surface area contributed by atoms with Gasteiger partial charge in [-0.25, -0.2) is 0 Å². The molecule has 1 aromatic heterocycles. The first-order valence-corrected chi connectivity index (χ1v) is 5.55. The molecule has 0 aliphatic carbocycles. The first-order chi connectivity index (χ1) is 9.22. The van der Waals surface area contributed by atoms with Gasteiger partial charge in [0, 0.05) is 6.07 Å². The topological polar surface area (TPSA) is 131 Å². The monoisotopic (exact) mass is 261 g/mol. The molecule has 1 aliphatic heterocycles. The van der Waals surface area contributed by atoms with Gasteiger partial charge in [-0.05, 0) is 6.07 Å². The number of benzene rings is 1. The number of fused-ring (bicyclic) bond motifs is 1. The highest BCUT2D eigenvalue weighted by Crippen LogP contribution is 2.35. The summed E-state index contributed by atoms with van der Waals surface area (Å²) in [4.78, 5) is 11.2. The van der Waals surface area contributed by atoms with Crippen LogP contribution in [0.5, 0.6) is 5.75 Å². The van der Waals surface area contributed by atoms with Gasteiger partial charge in [0.15, 0.2) is 12.4 Å². The lowest BCUT2D eigenvalue weighted by molar-refractivity contribution is -0.118. The molecule has 0 atom stereocenters. The van der Waals surface area contributed by atoms with E-state index in [4.69, 9.17) is 10.5 Å². The maximum absolute atomic E-state index is 11.2. The fourth-order valence-electron chi connectivity index (χ4n) is 1.73. The molecule has 0 saturated heterocycles. The van der Waals surface area contributed by atoms with Gasteiger partial charge in [-0.1, -0.05) is 5.21 Å². The standard InChI is InChI=1S/C10H11N7O2/c11-5-1-8-7(13-10(18)4-19-8)2-6(5)12-3-9-14-16-17-15-9/h1-2,12H,3-4,11H2,(H,13,18)(H,14,15,16,17). The molecule has 3 rings (SSSR count). The third-order valence-corrected chi connectivity index (χ3v) is 2.61. The molecule has 0 fully saturated rings. The number of carbonyl (C=O) groups excluding carboxylic acids is 1. The van der Waals surface area contributed by atoms with Crippen LogP contribution in [0, 0.1) is 0 Å². The van der Waals surface area contributed by atoms with Crippen LogP contribution in [0.4, 0.5) is 17.1 Å². The van der Waals surface area contributed by atoms with E-state index in [0.29, 0.717) is 35.2 Å². The number of carbonyl (C=O) groups is 1. The molecule has 19 heavy (non-hydrogen) atoms. The maximum Gasteiger partial charge on any atom is 0.262 e. The number of tetrazole rings is 1. The predicted molar refractivity (Wildman–Crippen MR) is 66.5 cm³/mol. The number of hydrogen-bond acceptors (Lipinski definition) is 7. The molecule has 9 nitrogen and oxygen atoms in total. The van der Waals surface area contributed by atoms with Crippen molar-refractivity contribution in [3.05, 3.63) is 18.0 Å². The van der Waals surface area contributed by atoms with Crippen LogP contribution in [0.3, 0.4) is 0 Å². The smallest absolute Gasteiger partial charge is 0.262 e. The quantitative estimate of drug-likeness (QED) is 0.559. The molecule has 1 aromatic carbocycles. The summed E-state index contributed by atoms with van der Waals surface area (Å²) in [6, 6.07) is 3.37. The number of nitrogen functional groups attached to an aromatic ring is 1. The van der Waals surface area contributed by atoms with Crippen molar-refractivity contribution in [2.45, 2.75) is 6.54 Å². The second kappa shape index (κ2) is 4.44. The van der Waals surface area contributed by atoms with Crippen LogP contribution in [-0.2, 0) is 11.3 Å². The van der Waals surface area contributed by atoms with E-state index in [2.05, 4.69) is 31.3 Å². The highest BCUT2D eigenvalue weighted by Gasteiger charge is 2.17. The molecule has 2 heterocycles. The van der Waals surface area contributed by atoms with Gasteiger partial charge < -0.3 is 21.1 Å². The Morgan fingerprint density at radius 1 is 1.47 bits per heavy atom. The van der Waals surface area contributed by atoms with Crippen LogP contribution in [0.1, 0.15) is 5.82 Å². The first kappa shape index (κ1) is 11.3. The lowest BCUT2D eigenvalue weighted by Gasteiger charge is -2.20. The van der Waals surface area contributed by atoms with Gasteiger partial charge in [-0.2, -0.15) is 5.21 Å². The minimum Gasteiger partial charge on any atom is -0.482 e. The average molecular weight is 261 g/mol. The zero-order valence-electron chi connectivity index (χ0n) is 9.80. The highest BCUT2D eigenvalue weighted by atomic mass is 16.5. The molecule has 1 aliphatic rings. The number of amides is 1. The second-order valence-corrected chi connectivity index (χ2v) is 3.95. The van der Waals surface area contributed by atoms with Crippen molar-refractivity contribution in [2.75, 3.05) is 23.0 Å². The molecular weight excluding hydrogens is 250 g/mol. The van der Waals surface area contributed by atoms with Crippen molar-refractivity contribution < 1.29 is 9.53 Å². The van der Waals surface area contributed by atoms with E-state index in [0.717, 1.165) is 0 Å². The number of nitrogens with one attached hydrogen (secondary N) is 3. The van der Waals surface area contributed by atoms with Crippen molar-refractivity contribution >= 4 is 23.0 Å². The summed E-state index contributed by atoms with van der Waals surface area (Å²) < 4.78 is 5.26. The van der Waals surface area contributed by atoms with Crippen LogP contribution < -0.4 is 21.1 Å². The lowest BCUT2D eigenvalue weighted by atomic mass is 10.2. The van der Waals surface area contributed by atoms with E-state index in [9.17, 15) is 4.79 Å². The molecule has 0 spiro atoms. The van der Waals surface area contributed by atoms with Gasteiger partial charge in [-0.15, -0.1) is 10.2 Å². The molecule has 0 radical (unpaired) electrons. The largest absolute Gasteiger partial charge is 0.482 e. The fraction of sp³-hybridized carbons (Fsp3) is 0.200. The van der Waals surface area contributed by atoms with Gasteiger partial charge in [0.1, 0.15) is 5.75 Å². The Bertz CT molecular complexity index is 611. The number of H-pyrrole nitrogens is 1. The number of nitrogens with two attached hydrogens (primary N) is 1. The summed E-state index contributed by atoms with van der Waals surface area (Å²) in [5.74, 6) is 0.876. The number of aromatic amines is 1. The van der Waals surface area contributed by atoms with E-state index in [-0.39, 0.29) is 12.5 Å². The Balaban J connectivity index is 1.81. The van der Waals surface area contributed by atoms with Crippen LogP contribution in [0.15, 0.2) is 12.1 Å². The normalized spacial score (nSPS) is 13.4. The van der Waals surface area contributed by atoms with Crippen LogP contribution in [-0.4, -0.2) is 33.1 Å². The van der Waals surface area contributed by atoms with E-state index in [1.54, 1.807) is 12.1 Å². The van der Waals surface area contributed by atoms with Crippen molar-refractivity contribution in [1.82, 2.24) is 20.6 Å². The molecular formula is C10H11N7O2. The van der Waals surface area contributed by atoms with Crippen LogP contribution >= 0.6 is 0 Å². The highest BCUT2D eigenvalue weighted by molar-refractivity contribution is 5.97. The van der Waals surface area contributed by atoms with E-state index in [1.165, 1.54) is 0 Å². The zero-order chi connectivity index (χ0) is 13.2. The van der Waals surface area contributed by atoms with Gasteiger partial charge in [0.05, 0.1) is 23.6 Å². The third-order valence-electron chi connectivity index (χ3n) is 2.61. The van der Waals surface area contributed by atoms with Crippen molar-refractivity contribution in [3.63, 3.8) is 0 Å². The third kappa shape index (κ3) is 2.25. The minimum absolute atomic E-state index is 0.00206. The van der Waals surface area contributed by atoms with Crippen LogP contribution in [0.25, 0.3) is 0 Å². The second-order valence-electron chi connectivity index (χ2n) is 3.95. The number of rotatable bonds is 3. The molecule has 9 heteroatoms. The summed E-state index contributed by atoms with van der Waals surface area (Å²) in [6.07, 6.45) is 0. The Kier molecular flexibility index (Phi) is 2.63. The summed E-state index contributed by atoms with van der Waals surface area (Å²) in [7, 11) is 0. The molecule has 0 bridgehead atoms. The number of hydrogen-bond donors (Lipinski definition) is 4. The maximum atomic E-state index is 11.2. The van der Waals surface area contributed by atoms with E-state index >= 15 is 0 Å². The lowest BCUT2D eigenvalue weighted by Crippen LogP contribution is -2.25. The summed E-state index contributed by atoms with van der Waals surface area (Å²) >= 11 is 0. The SMILES string of the molecule is Nc1cc2c(cc1NCc1nn[nH]n1)NC(=O)CO2. The molecule has 0 unspecified atom stereocenters. The Morgan fingerprint density at radius 3 is 3.16 bits per heavy atom. The number of nitrogens with zero attached hydrogens (tertiary/aromatic N) is 3. The molecule has 0 saturated carbocycles. The number of ether oxygens (including phenoxy) is 1. The fourth-order valence-corrected chi connectivity index (χ4v) is 1.73. The van der Waals surface area contributed by atoms with E-state index in [1.807, 2.05) is 0 Å². The zero-order valence-corrected chi connectivity index (χ0v) is 9.80. The molecule has 5 N–H and O–H groups in total. The summed E-state index contributed by atoms with van der Waals surface area (Å²) in [5.41, 5.74) is 7.66. The first-order valence-electron chi connectivity index (χ1n) is 5.55. The van der Waals surface area contributed by atoms with Gasteiger partial charge in [0.25, 0.3) is 5.91 Å². The summed E-state index contributed by atoms with van der Waals surface area (Å²) in [5, 5.41) is 19.2. The Labute approximate surface area is 107 Å². The molecule has 98 valence electrons. The van der Waals surface area contributed by atoms with Gasteiger partial charge in [-0.3, -0.25) is 4.79 Å². The van der Waals surface area contributed by atoms with E-state index < -0.39 is 0 Å². The average Bonchev–Trinajstić information content (AvgIpc) is 2.90. The van der Waals surface area contributed by atoms with Gasteiger partial charge >= 0.3 is 0 Å². The van der Waals surface area contributed by atoms with Crippen molar-refractivity contribution in [1.29, 1.82) is 0 Å². The Hall–Kier alpha value is -2.84. The number of anilines is 3. The predicted octanol–water partition coefficient (Wildman–Crippen LogP) is -0.275. The van der Waals surface area contributed by atoms with Crippen molar-refractivity contribution in [3.8, 4) is 5.75 Å². The Morgan fingerprint density at radius 2 is 2.37 bits per heavy atom. The minimum atomic E-state index is -0.193. The van der Waals surface area contributed by atoms with Gasteiger partial charge in [0.2, 0.25) is 0 Å². The number of aromatic nitrogens is 4.